The lowest BCUT2D eigenvalue weighted by molar-refractivity contribution is -0.131. The highest BCUT2D eigenvalue weighted by atomic mass is 35.5. The Morgan fingerprint density at radius 2 is 1.71 bits per heavy atom. The van der Waals surface area contributed by atoms with Gasteiger partial charge in [-0.2, -0.15) is 0 Å². The number of anilines is 1. The number of hydrogen-bond acceptors (Lipinski definition) is 4. The Balaban J connectivity index is 1.44. The molecule has 0 aromatic heterocycles. The molecule has 0 unspecified atom stereocenters. The molecule has 7 heteroatoms. The molecular weight excluding hydrogens is 378 g/mol. The first-order valence-corrected chi connectivity index (χ1v) is 9.66. The van der Waals surface area contributed by atoms with Crippen molar-refractivity contribution in [2.24, 2.45) is 0 Å². The highest BCUT2D eigenvalue weighted by Crippen LogP contribution is 2.28. The van der Waals surface area contributed by atoms with E-state index in [2.05, 4.69) is 10.2 Å². The molecule has 2 amide bonds. The zero-order valence-electron chi connectivity index (χ0n) is 15.9. The van der Waals surface area contributed by atoms with Crippen molar-refractivity contribution in [3.05, 3.63) is 59.1 Å². The number of carbonyl (C=O) groups excluding carboxylic acids is 2. The standard InChI is InChI=1S/C21H24ClN3O3/c1-28-19-5-3-2-4-18(19)24-12-14-25(15-13-24)20(26)10-11-23-21(27)16-6-8-17(22)9-7-16/h2-9H,10-15H2,1H3,(H,23,27). The fraction of sp³-hybridized carbons (Fsp3) is 0.333. The van der Waals surface area contributed by atoms with Gasteiger partial charge in [0.05, 0.1) is 12.8 Å². The van der Waals surface area contributed by atoms with Crippen LogP contribution in [0, 0.1) is 0 Å². The van der Waals surface area contributed by atoms with Gasteiger partial charge in [-0.1, -0.05) is 23.7 Å². The van der Waals surface area contributed by atoms with Crippen LogP contribution < -0.4 is 15.0 Å². The third-order valence-corrected chi connectivity index (χ3v) is 5.04. The molecule has 0 saturated carbocycles. The molecule has 1 aliphatic heterocycles. The number of rotatable bonds is 6. The average molecular weight is 402 g/mol. The van der Waals surface area contributed by atoms with Gasteiger partial charge in [-0.3, -0.25) is 9.59 Å². The third-order valence-electron chi connectivity index (χ3n) is 4.79. The lowest BCUT2D eigenvalue weighted by Gasteiger charge is -2.36. The number of halogens is 1. The molecule has 0 spiro atoms. The number of piperazine rings is 1. The van der Waals surface area contributed by atoms with E-state index in [1.165, 1.54) is 0 Å². The number of para-hydroxylation sites is 2. The third kappa shape index (κ3) is 4.95. The molecule has 1 heterocycles. The average Bonchev–Trinajstić information content (AvgIpc) is 2.74. The van der Waals surface area contributed by atoms with Crippen LogP contribution in [-0.4, -0.2) is 56.5 Å². The summed E-state index contributed by atoms with van der Waals surface area (Å²) in [6, 6.07) is 14.6. The summed E-state index contributed by atoms with van der Waals surface area (Å²) in [6.07, 6.45) is 0.286. The van der Waals surface area contributed by atoms with Gasteiger partial charge in [0.15, 0.2) is 0 Å². The number of hydrogen-bond donors (Lipinski definition) is 1. The molecule has 148 valence electrons. The zero-order chi connectivity index (χ0) is 19.9. The maximum Gasteiger partial charge on any atom is 0.251 e. The van der Waals surface area contributed by atoms with E-state index in [9.17, 15) is 9.59 Å². The lowest BCUT2D eigenvalue weighted by Crippen LogP contribution is -2.49. The Labute approximate surface area is 170 Å². The smallest absolute Gasteiger partial charge is 0.251 e. The summed E-state index contributed by atoms with van der Waals surface area (Å²) in [5, 5.41) is 3.36. The van der Waals surface area contributed by atoms with Crippen LogP contribution in [0.4, 0.5) is 5.69 Å². The van der Waals surface area contributed by atoms with E-state index in [-0.39, 0.29) is 18.2 Å². The molecular formula is C21H24ClN3O3. The summed E-state index contributed by atoms with van der Waals surface area (Å²) < 4.78 is 5.42. The molecule has 1 saturated heterocycles. The minimum atomic E-state index is -0.203. The Bertz CT molecular complexity index is 818. The van der Waals surface area contributed by atoms with E-state index in [0.717, 1.165) is 24.5 Å². The summed E-state index contributed by atoms with van der Waals surface area (Å²) in [6.45, 7) is 3.13. The summed E-state index contributed by atoms with van der Waals surface area (Å²) in [5.74, 6) is 0.689. The SMILES string of the molecule is COc1ccccc1N1CCN(C(=O)CCNC(=O)c2ccc(Cl)cc2)CC1. The Hall–Kier alpha value is -2.73. The van der Waals surface area contributed by atoms with Crippen LogP contribution in [0.15, 0.2) is 48.5 Å². The maximum absolute atomic E-state index is 12.4. The second kappa shape index (κ2) is 9.46. The van der Waals surface area contributed by atoms with E-state index < -0.39 is 0 Å². The van der Waals surface area contributed by atoms with Crippen LogP contribution in [0.5, 0.6) is 5.75 Å². The zero-order valence-corrected chi connectivity index (χ0v) is 16.6. The molecule has 0 bridgehead atoms. The van der Waals surface area contributed by atoms with Crippen molar-refractivity contribution < 1.29 is 14.3 Å². The van der Waals surface area contributed by atoms with E-state index in [4.69, 9.17) is 16.3 Å². The monoisotopic (exact) mass is 401 g/mol. The lowest BCUT2D eigenvalue weighted by atomic mass is 10.2. The van der Waals surface area contributed by atoms with Crippen molar-refractivity contribution in [2.45, 2.75) is 6.42 Å². The Morgan fingerprint density at radius 1 is 1.04 bits per heavy atom. The fourth-order valence-corrected chi connectivity index (χ4v) is 3.36. The molecule has 0 aliphatic carbocycles. The van der Waals surface area contributed by atoms with E-state index >= 15 is 0 Å². The van der Waals surface area contributed by atoms with Gasteiger partial charge in [-0.05, 0) is 36.4 Å². The second-order valence-electron chi connectivity index (χ2n) is 6.55. The van der Waals surface area contributed by atoms with Gasteiger partial charge in [-0.15, -0.1) is 0 Å². The largest absolute Gasteiger partial charge is 0.495 e. The first-order valence-electron chi connectivity index (χ1n) is 9.28. The van der Waals surface area contributed by atoms with Crippen LogP contribution in [0.25, 0.3) is 0 Å². The first-order chi connectivity index (χ1) is 13.6. The number of carbonyl (C=O) groups is 2. The van der Waals surface area contributed by atoms with Crippen molar-refractivity contribution in [1.29, 1.82) is 0 Å². The highest BCUT2D eigenvalue weighted by molar-refractivity contribution is 6.30. The van der Waals surface area contributed by atoms with Crippen molar-refractivity contribution in [3.8, 4) is 5.75 Å². The van der Waals surface area contributed by atoms with Crippen LogP contribution in [-0.2, 0) is 4.79 Å². The predicted octanol–water partition coefficient (Wildman–Crippen LogP) is 2.82. The molecule has 1 aliphatic rings. The normalized spacial score (nSPS) is 13.9. The van der Waals surface area contributed by atoms with Gasteiger partial charge in [0.2, 0.25) is 5.91 Å². The molecule has 1 N–H and O–H groups in total. The van der Waals surface area contributed by atoms with Crippen LogP contribution in [0.3, 0.4) is 0 Å². The van der Waals surface area contributed by atoms with Crippen molar-refractivity contribution in [3.63, 3.8) is 0 Å². The molecule has 0 radical (unpaired) electrons. The molecule has 0 atom stereocenters. The van der Waals surface area contributed by atoms with Gasteiger partial charge in [0.1, 0.15) is 5.75 Å². The van der Waals surface area contributed by atoms with Crippen LogP contribution >= 0.6 is 11.6 Å². The summed E-state index contributed by atoms with van der Waals surface area (Å²) >= 11 is 5.82. The highest BCUT2D eigenvalue weighted by Gasteiger charge is 2.22. The number of ether oxygens (including phenoxy) is 1. The number of benzene rings is 2. The minimum Gasteiger partial charge on any atom is -0.495 e. The number of nitrogens with one attached hydrogen (secondary N) is 1. The van der Waals surface area contributed by atoms with Crippen LogP contribution in [0.2, 0.25) is 5.02 Å². The van der Waals surface area contributed by atoms with Gasteiger partial charge in [0.25, 0.3) is 5.91 Å². The van der Waals surface area contributed by atoms with Crippen LogP contribution in [0.1, 0.15) is 16.8 Å². The quantitative estimate of drug-likeness (QED) is 0.808. The van der Waals surface area contributed by atoms with Crippen molar-refractivity contribution >= 4 is 29.1 Å². The number of amides is 2. The second-order valence-corrected chi connectivity index (χ2v) is 6.99. The molecule has 2 aromatic carbocycles. The van der Waals surface area contributed by atoms with E-state index in [0.29, 0.717) is 30.2 Å². The van der Waals surface area contributed by atoms with E-state index in [1.807, 2.05) is 29.2 Å². The molecule has 1 fully saturated rings. The first kappa shape index (κ1) is 20.0. The Kier molecular flexibility index (Phi) is 6.76. The Morgan fingerprint density at radius 3 is 2.39 bits per heavy atom. The van der Waals surface area contributed by atoms with Crippen molar-refractivity contribution in [1.82, 2.24) is 10.2 Å². The van der Waals surface area contributed by atoms with Gasteiger partial charge in [0, 0.05) is 49.7 Å². The topological polar surface area (TPSA) is 61.9 Å². The summed E-state index contributed by atoms with van der Waals surface area (Å²) in [5.41, 5.74) is 1.58. The van der Waals surface area contributed by atoms with Crippen molar-refractivity contribution in [2.75, 3.05) is 44.7 Å². The van der Waals surface area contributed by atoms with Gasteiger partial charge < -0.3 is 19.9 Å². The van der Waals surface area contributed by atoms with Gasteiger partial charge in [-0.25, -0.2) is 0 Å². The predicted molar refractivity (Wildman–Crippen MR) is 110 cm³/mol. The minimum absolute atomic E-state index is 0.0519. The summed E-state index contributed by atoms with van der Waals surface area (Å²) in [7, 11) is 1.66. The molecule has 6 nitrogen and oxygen atoms in total. The summed E-state index contributed by atoms with van der Waals surface area (Å²) in [4.78, 5) is 28.6. The maximum atomic E-state index is 12.4. The molecule has 3 rings (SSSR count). The number of methoxy groups -OCH3 is 1. The molecule has 28 heavy (non-hydrogen) atoms. The van der Waals surface area contributed by atoms with Gasteiger partial charge >= 0.3 is 0 Å². The fourth-order valence-electron chi connectivity index (χ4n) is 3.23. The molecule has 2 aromatic rings. The number of nitrogens with zero attached hydrogens (tertiary/aromatic N) is 2. The van der Waals surface area contributed by atoms with E-state index in [1.54, 1.807) is 31.4 Å².